The Morgan fingerprint density at radius 1 is 1.00 bits per heavy atom. The summed E-state index contributed by atoms with van der Waals surface area (Å²) in [4.78, 5) is 16.9. The second kappa shape index (κ2) is 9.58. The van der Waals surface area contributed by atoms with Gasteiger partial charge < -0.3 is 9.80 Å². The lowest BCUT2D eigenvalue weighted by Crippen LogP contribution is -3.12. The summed E-state index contributed by atoms with van der Waals surface area (Å²) in [6.45, 7) is 7.28. The molecule has 2 aliphatic heterocycles. The number of quaternary nitrogens is 1. The van der Waals surface area contributed by atoms with Crippen molar-refractivity contribution in [2.24, 2.45) is 11.8 Å². The van der Waals surface area contributed by atoms with E-state index in [1.54, 1.807) is 4.90 Å². The van der Waals surface area contributed by atoms with Crippen molar-refractivity contribution in [2.45, 2.75) is 45.6 Å². The Balaban J connectivity index is 1.27. The Kier molecular flexibility index (Phi) is 6.66. The van der Waals surface area contributed by atoms with Crippen LogP contribution in [-0.4, -0.2) is 37.0 Å². The van der Waals surface area contributed by atoms with Gasteiger partial charge in [-0.15, -0.1) is 0 Å². The molecule has 0 aromatic heterocycles. The fraction of sp³-hybridized carbons (Fsp3) is 0.500. The van der Waals surface area contributed by atoms with E-state index < -0.39 is 0 Å². The SMILES string of the molecule is Cc1cccc(C[NH+]2CCC[C@@H](C(=O)N3CCC(Cc4ccccc4)CC3)C2)c1. The minimum atomic E-state index is 0.217. The van der Waals surface area contributed by atoms with Gasteiger partial charge in [-0.05, 0) is 50.5 Å². The molecule has 2 heterocycles. The number of nitrogens with one attached hydrogen (secondary N) is 1. The molecule has 4 rings (SSSR count). The topological polar surface area (TPSA) is 24.8 Å². The van der Waals surface area contributed by atoms with Gasteiger partial charge in [-0.25, -0.2) is 0 Å². The highest BCUT2D eigenvalue weighted by molar-refractivity contribution is 5.79. The Labute approximate surface area is 175 Å². The molecule has 2 aliphatic rings. The molecule has 1 amide bonds. The number of piperidine rings is 2. The van der Waals surface area contributed by atoms with Crippen molar-refractivity contribution in [1.29, 1.82) is 0 Å². The number of likely N-dealkylation sites (tertiary alicyclic amines) is 2. The summed E-state index contributed by atoms with van der Waals surface area (Å²) in [6.07, 6.45) is 5.68. The van der Waals surface area contributed by atoms with Gasteiger partial charge >= 0.3 is 0 Å². The molecule has 2 aromatic carbocycles. The number of amides is 1. The standard InChI is InChI=1S/C26H34N2O/c1-21-7-5-10-24(17-21)19-27-14-6-11-25(20-27)26(29)28-15-12-23(13-16-28)18-22-8-3-2-4-9-22/h2-5,7-10,17,23,25H,6,11-16,18-20H2,1H3/p+1/t25-/m1/s1. The van der Waals surface area contributed by atoms with Gasteiger partial charge in [0.05, 0.1) is 19.0 Å². The molecule has 29 heavy (non-hydrogen) atoms. The predicted molar refractivity (Wildman–Crippen MR) is 118 cm³/mol. The maximum absolute atomic E-state index is 13.2. The third-order valence-electron chi connectivity index (χ3n) is 6.80. The molecule has 0 saturated carbocycles. The maximum atomic E-state index is 13.2. The van der Waals surface area contributed by atoms with Gasteiger partial charge in [-0.2, -0.15) is 0 Å². The number of benzene rings is 2. The van der Waals surface area contributed by atoms with Crippen molar-refractivity contribution < 1.29 is 9.69 Å². The molecule has 2 aromatic rings. The van der Waals surface area contributed by atoms with Crippen molar-refractivity contribution in [3.63, 3.8) is 0 Å². The molecule has 2 fully saturated rings. The van der Waals surface area contributed by atoms with E-state index >= 15 is 0 Å². The van der Waals surface area contributed by atoms with Gasteiger partial charge in [0.15, 0.2) is 0 Å². The van der Waals surface area contributed by atoms with Gasteiger partial charge in [-0.1, -0.05) is 60.2 Å². The lowest BCUT2D eigenvalue weighted by Gasteiger charge is -2.36. The smallest absolute Gasteiger partial charge is 0.231 e. The summed E-state index contributed by atoms with van der Waals surface area (Å²) >= 11 is 0. The first kappa shape index (κ1) is 20.2. The van der Waals surface area contributed by atoms with Crippen LogP contribution < -0.4 is 4.90 Å². The van der Waals surface area contributed by atoms with Crippen molar-refractivity contribution in [3.8, 4) is 0 Å². The Morgan fingerprint density at radius 3 is 2.52 bits per heavy atom. The first-order valence-electron chi connectivity index (χ1n) is 11.4. The zero-order valence-electron chi connectivity index (χ0n) is 17.8. The van der Waals surface area contributed by atoms with Crippen LogP contribution in [0.5, 0.6) is 0 Å². The van der Waals surface area contributed by atoms with Crippen molar-refractivity contribution in [1.82, 2.24) is 4.90 Å². The third-order valence-corrected chi connectivity index (χ3v) is 6.80. The van der Waals surface area contributed by atoms with Gasteiger partial charge in [0, 0.05) is 18.7 Å². The third kappa shape index (κ3) is 5.48. The maximum Gasteiger partial charge on any atom is 0.231 e. The number of carbonyl (C=O) groups is 1. The number of carbonyl (C=O) groups excluding carboxylic acids is 1. The number of aryl methyl sites for hydroxylation is 1. The normalized spacial score (nSPS) is 23.1. The van der Waals surface area contributed by atoms with Crippen molar-refractivity contribution in [2.75, 3.05) is 26.2 Å². The van der Waals surface area contributed by atoms with Crippen LogP contribution in [0.25, 0.3) is 0 Å². The van der Waals surface area contributed by atoms with Crippen LogP contribution in [0.15, 0.2) is 54.6 Å². The molecule has 3 heteroatoms. The van der Waals surface area contributed by atoms with Gasteiger partial charge in [0.1, 0.15) is 6.54 Å². The van der Waals surface area contributed by atoms with Crippen LogP contribution in [-0.2, 0) is 17.8 Å². The lowest BCUT2D eigenvalue weighted by atomic mass is 9.89. The molecule has 0 bridgehead atoms. The number of rotatable bonds is 5. The molecule has 2 saturated heterocycles. The van der Waals surface area contributed by atoms with E-state index in [1.165, 1.54) is 29.7 Å². The lowest BCUT2D eigenvalue weighted by molar-refractivity contribution is -0.921. The highest BCUT2D eigenvalue weighted by Gasteiger charge is 2.33. The van der Waals surface area contributed by atoms with E-state index in [0.29, 0.717) is 5.91 Å². The summed E-state index contributed by atoms with van der Waals surface area (Å²) in [5.74, 6) is 1.36. The second-order valence-electron chi connectivity index (χ2n) is 9.17. The molecule has 2 atom stereocenters. The number of nitrogens with zero attached hydrogens (tertiary/aromatic N) is 1. The van der Waals surface area contributed by atoms with Crippen LogP contribution in [0.3, 0.4) is 0 Å². The van der Waals surface area contributed by atoms with E-state index in [2.05, 4.69) is 66.4 Å². The Hall–Kier alpha value is -2.13. The predicted octanol–water partition coefficient (Wildman–Crippen LogP) is 3.27. The average molecular weight is 392 g/mol. The summed E-state index contributed by atoms with van der Waals surface area (Å²) in [6, 6.07) is 19.6. The minimum Gasteiger partial charge on any atom is -0.342 e. The van der Waals surface area contributed by atoms with E-state index in [0.717, 1.165) is 57.8 Å². The molecular formula is C26H35N2O+. The fourth-order valence-electron chi connectivity index (χ4n) is 5.20. The average Bonchev–Trinajstić information content (AvgIpc) is 2.75. The zero-order chi connectivity index (χ0) is 20.1. The van der Waals surface area contributed by atoms with Crippen molar-refractivity contribution in [3.05, 3.63) is 71.3 Å². The van der Waals surface area contributed by atoms with Crippen LogP contribution in [0.1, 0.15) is 42.4 Å². The Bertz CT molecular complexity index is 795. The molecule has 154 valence electrons. The largest absolute Gasteiger partial charge is 0.342 e. The number of hydrogen-bond donors (Lipinski definition) is 1. The van der Waals surface area contributed by atoms with Crippen LogP contribution >= 0.6 is 0 Å². The quantitative estimate of drug-likeness (QED) is 0.831. The first-order valence-corrected chi connectivity index (χ1v) is 11.4. The first-order chi connectivity index (χ1) is 14.2. The second-order valence-corrected chi connectivity index (χ2v) is 9.17. The van der Waals surface area contributed by atoms with Gasteiger partial charge in [0.25, 0.3) is 0 Å². The van der Waals surface area contributed by atoms with Crippen LogP contribution in [0.4, 0.5) is 0 Å². The van der Waals surface area contributed by atoms with E-state index in [-0.39, 0.29) is 5.92 Å². The van der Waals surface area contributed by atoms with Crippen LogP contribution in [0, 0.1) is 18.8 Å². The molecule has 0 spiro atoms. The highest BCUT2D eigenvalue weighted by Crippen LogP contribution is 2.23. The fourth-order valence-corrected chi connectivity index (χ4v) is 5.20. The van der Waals surface area contributed by atoms with E-state index in [9.17, 15) is 4.79 Å². The van der Waals surface area contributed by atoms with E-state index in [1.807, 2.05) is 0 Å². The van der Waals surface area contributed by atoms with Gasteiger partial charge in [0.2, 0.25) is 5.91 Å². The summed E-state index contributed by atoms with van der Waals surface area (Å²) in [5.41, 5.74) is 4.15. The summed E-state index contributed by atoms with van der Waals surface area (Å²) in [5, 5.41) is 0. The summed E-state index contributed by atoms with van der Waals surface area (Å²) < 4.78 is 0. The monoisotopic (exact) mass is 391 g/mol. The molecule has 0 radical (unpaired) electrons. The minimum absolute atomic E-state index is 0.217. The molecule has 3 nitrogen and oxygen atoms in total. The van der Waals surface area contributed by atoms with Crippen LogP contribution in [0.2, 0.25) is 0 Å². The zero-order valence-corrected chi connectivity index (χ0v) is 17.8. The molecule has 1 unspecified atom stereocenters. The van der Waals surface area contributed by atoms with Gasteiger partial charge in [-0.3, -0.25) is 4.79 Å². The van der Waals surface area contributed by atoms with Crippen molar-refractivity contribution >= 4 is 5.91 Å². The highest BCUT2D eigenvalue weighted by atomic mass is 16.2. The molecule has 1 N–H and O–H groups in total. The molecular weight excluding hydrogens is 356 g/mol. The van der Waals surface area contributed by atoms with E-state index in [4.69, 9.17) is 0 Å². The Morgan fingerprint density at radius 2 is 1.76 bits per heavy atom. The number of hydrogen-bond acceptors (Lipinski definition) is 1. The molecule has 0 aliphatic carbocycles. The summed E-state index contributed by atoms with van der Waals surface area (Å²) in [7, 11) is 0.